The average Bonchev–Trinajstić information content (AvgIpc) is 2.90. The van der Waals surface area contributed by atoms with Gasteiger partial charge in [-0.15, -0.1) is 0 Å². The van der Waals surface area contributed by atoms with Crippen molar-refractivity contribution < 1.29 is 23.0 Å². The van der Waals surface area contributed by atoms with E-state index in [2.05, 4.69) is 0 Å². The number of carbonyl (C=O) groups is 1. The van der Waals surface area contributed by atoms with Crippen molar-refractivity contribution in [2.24, 2.45) is 0 Å². The van der Waals surface area contributed by atoms with Gasteiger partial charge in [-0.1, -0.05) is 12.1 Å². The molecule has 1 aliphatic rings. The van der Waals surface area contributed by atoms with Gasteiger partial charge in [0, 0.05) is 19.1 Å². The maximum absolute atomic E-state index is 13.8. The molecule has 3 aromatic rings. The molecule has 1 fully saturated rings. The standard InChI is InChI=1S/C28H33F2N3O5/c1-28(2,3)38-21-6-4-19(5-7-21)17-32-26(35)24-14-22(37-23(15-29)16-30)8-9-25(24)33(27(32)36)20-10-12-31(18-34)13-11-20/h4-9,14,18,20,23H,10-13,15-17H2,1-3H3. The first-order chi connectivity index (χ1) is 18.1. The molecule has 1 aromatic heterocycles. The molecule has 10 heteroatoms. The molecule has 0 saturated carbocycles. The summed E-state index contributed by atoms with van der Waals surface area (Å²) in [5.41, 5.74) is -0.202. The molecular formula is C28H33F2N3O5. The predicted molar refractivity (Wildman–Crippen MR) is 141 cm³/mol. The zero-order valence-corrected chi connectivity index (χ0v) is 21.9. The molecule has 1 amide bonds. The Bertz CT molecular complexity index is 1380. The Kier molecular flexibility index (Phi) is 8.18. The number of amides is 1. The predicted octanol–water partition coefficient (Wildman–Crippen LogP) is 3.87. The van der Waals surface area contributed by atoms with Gasteiger partial charge in [-0.05, 0) is 69.5 Å². The van der Waals surface area contributed by atoms with E-state index in [1.807, 2.05) is 20.8 Å². The van der Waals surface area contributed by atoms with Gasteiger partial charge in [0.2, 0.25) is 6.41 Å². The van der Waals surface area contributed by atoms with E-state index in [0.29, 0.717) is 37.2 Å². The highest BCUT2D eigenvalue weighted by Gasteiger charge is 2.25. The minimum absolute atomic E-state index is 0.0270. The molecule has 0 unspecified atom stereocenters. The van der Waals surface area contributed by atoms with Crippen LogP contribution in [0.4, 0.5) is 8.78 Å². The number of fused-ring (bicyclic) bond motifs is 1. The van der Waals surface area contributed by atoms with Gasteiger partial charge in [0.25, 0.3) is 5.56 Å². The number of carbonyl (C=O) groups excluding carboxylic acids is 1. The van der Waals surface area contributed by atoms with Crippen LogP contribution in [0.3, 0.4) is 0 Å². The summed E-state index contributed by atoms with van der Waals surface area (Å²) < 4.78 is 40.2. The van der Waals surface area contributed by atoms with E-state index in [1.54, 1.807) is 39.8 Å². The van der Waals surface area contributed by atoms with Crippen molar-refractivity contribution in [2.75, 3.05) is 26.4 Å². The molecule has 204 valence electrons. The summed E-state index contributed by atoms with van der Waals surface area (Å²) in [6, 6.07) is 11.5. The van der Waals surface area contributed by atoms with Gasteiger partial charge in [0.05, 0.1) is 17.4 Å². The van der Waals surface area contributed by atoms with Gasteiger partial charge in [-0.3, -0.25) is 18.7 Å². The lowest BCUT2D eigenvalue weighted by Gasteiger charge is -2.31. The van der Waals surface area contributed by atoms with Gasteiger partial charge in [-0.2, -0.15) is 0 Å². The number of likely N-dealkylation sites (tertiary alicyclic amines) is 1. The van der Waals surface area contributed by atoms with Gasteiger partial charge < -0.3 is 14.4 Å². The highest BCUT2D eigenvalue weighted by atomic mass is 19.1. The highest BCUT2D eigenvalue weighted by Crippen LogP contribution is 2.26. The summed E-state index contributed by atoms with van der Waals surface area (Å²) in [4.78, 5) is 40.2. The van der Waals surface area contributed by atoms with Crippen molar-refractivity contribution >= 4 is 17.3 Å². The van der Waals surface area contributed by atoms with Gasteiger partial charge in [-0.25, -0.2) is 13.6 Å². The van der Waals surface area contributed by atoms with E-state index in [4.69, 9.17) is 9.47 Å². The van der Waals surface area contributed by atoms with Gasteiger partial charge in [0.15, 0.2) is 6.10 Å². The Morgan fingerprint density at radius 2 is 1.63 bits per heavy atom. The van der Waals surface area contributed by atoms with Crippen LogP contribution in [-0.4, -0.2) is 58.6 Å². The van der Waals surface area contributed by atoms with Crippen molar-refractivity contribution in [1.82, 2.24) is 14.0 Å². The lowest BCUT2D eigenvalue weighted by Crippen LogP contribution is -2.44. The Balaban J connectivity index is 1.78. The molecule has 1 aliphatic heterocycles. The lowest BCUT2D eigenvalue weighted by atomic mass is 10.0. The third-order valence-electron chi connectivity index (χ3n) is 6.49. The summed E-state index contributed by atoms with van der Waals surface area (Å²) >= 11 is 0. The number of halogens is 2. The SMILES string of the molecule is CC(C)(C)Oc1ccc(Cn2c(=O)c3cc(OC(CF)CF)ccc3n(C3CCN(C=O)CC3)c2=O)cc1. The van der Waals surface area contributed by atoms with Crippen LogP contribution in [0, 0.1) is 0 Å². The average molecular weight is 530 g/mol. The zero-order valence-electron chi connectivity index (χ0n) is 21.9. The van der Waals surface area contributed by atoms with Crippen molar-refractivity contribution in [3.63, 3.8) is 0 Å². The number of alkyl halides is 2. The quantitative estimate of drug-likeness (QED) is 0.393. The first-order valence-corrected chi connectivity index (χ1v) is 12.7. The van der Waals surface area contributed by atoms with Crippen LogP contribution in [0.5, 0.6) is 11.5 Å². The fourth-order valence-corrected chi connectivity index (χ4v) is 4.67. The van der Waals surface area contributed by atoms with Crippen LogP contribution >= 0.6 is 0 Å². The first-order valence-electron chi connectivity index (χ1n) is 12.7. The van der Waals surface area contributed by atoms with Gasteiger partial charge >= 0.3 is 5.69 Å². The topological polar surface area (TPSA) is 82.8 Å². The second-order valence-electron chi connectivity index (χ2n) is 10.5. The summed E-state index contributed by atoms with van der Waals surface area (Å²) in [6.07, 6.45) is 0.617. The highest BCUT2D eigenvalue weighted by molar-refractivity contribution is 5.80. The number of hydrogen-bond acceptors (Lipinski definition) is 5. The Morgan fingerprint density at radius 1 is 1.00 bits per heavy atom. The molecule has 2 heterocycles. The molecule has 4 rings (SSSR count). The zero-order chi connectivity index (χ0) is 27.4. The molecular weight excluding hydrogens is 496 g/mol. The van der Waals surface area contributed by atoms with Crippen molar-refractivity contribution in [1.29, 1.82) is 0 Å². The third kappa shape index (κ3) is 6.06. The van der Waals surface area contributed by atoms with Crippen LogP contribution in [0.15, 0.2) is 52.1 Å². The van der Waals surface area contributed by atoms with E-state index in [0.717, 1.165) is 12.0 Å². The smallest absolute Gasteiger partial charge is 0.332 e. The second kappa shape index (κ2) is 11.4. The van der Waals surface area contributed by atoms with Crippen LogP contribution in [0.2, 0.25) is 0 Å². The molecule has 0 atom stereocenters. The fourth-order valence-electron chi connectivity index (χ4n) is 4.67. The number of ether oxygens (including phenoxy) is 2. The number of benzene rings is 2. The number of rotatable bonds is 9. The summed E-state index contributed by atoms with van der Waals surface area (Å²) in [7, 11) is 0. The first kappa shape index (κ1) is 27.3. The van der Waals surface area contributed by atoms with Gasteiger partial charge in [0.1, 0.15) is 30.4 Å². The number of aromatic nitrogens is 2. The largest absolute Gasteiger partial charge is 0.488 e. The lowest BCUT2D eigenvalue weighted by molar-refractivity contribution is -0.119. The van der Waals surface area contributed by atoms with E-state index < -0.39 is 30.7 Å². The van der Waals surface area contributed by atoms with Crippen LogP contribution in [0.1, 0.15) is 45.2 Å². The minimum Gasteiger partial charge on any atom is -0.488 e. The molecule has 1 saturated heterocycles. The molecule has 38 heavy (non-hydrogen) atoms. The van der Waals surface area contributed by atoms with Crippen LogP contribution < -0.4 is 20.7 Å². The van der Waals surface area contributed by atoms with E-state index >= 15 is 0 Å². The van der Waals surface area contributed by atoms with Crippen LogP contribution in [0.25, 0.3) is 10.9 Å². The summed E-state index contributed by atoms with van der Waals surface area (Å²) in [6.45, 7) is 4.82. The van der Waals surface area contributed by atoms with Crippen molar-refractivity contribution in [3.8, 4) is 11.5 Å². The third-order valence-corrected chi connectivity index (χ3v) is 6.49. The maximum Gasteiger partial charge on any atom is 0.332 e. The maximum atomic E-state index is 13.8. The van der Waals surface area contributed by atoms with E-state index in [1.165, 1.54) is 16.7 Å². The molecule has 0 N–H and O–H groups in total. The molecule has 0 spiro atoms. The Hall–Kier alpha value is -3.69. The normalized spacial score (nSPS) is 14.7. The number of hydrogen-bond donors (Lipinski definition) is 0. The Labute approximate surface area is 219 Å². The summed E-state index contributed by atoms with van der Waals surface area (Å²) in [5.74, 6) is 0.814. The Morgan fingerprint density at radius 3 is 2.21 bits per heavy atom. The molecule has 0 radical (unpaired) electrons. The monoisotopic (exact) mass is 529 g/mol. The molecule has 2 aromatic carbocycles. The van der Waals surface area contributed by atoms with Crippen molar-refractivity contribution in [3.05, 3.63) is 68.9 Å². The van der Waals surface area contributed by atoms with Crippen LogP contribution in [-0.2, 0) is 11.3 Å². The molecule has 0 bridgehead atoms. The molecule has 8 nitrogen and oxygen atoms in total. The fraction of sp³-hybridized carbons (Fsp3) is 0.464. The van der Waals surface area contributed by atoms with E-state index in [-0.39, 0.29) is 29.3 Å². The van der Waals surface area contributed by atoms with Crippen molar-refractivity contribution in [2.45, 2.75) is 57.9 Å². The minimum atomic E-state index is -1.28. The molecule has 0 aliphatic carbocycles. The van der Waals surface area contributed by atoms with E-state index in [9.17, 15) is 23.2 Å². The number of piperidine rings is 1. The summed E-state index contributed by atoms with van der Waals surface area (Å²) in [5, 5.41) is 0.212. The number of nitrogens with zero attached hydrogens (tertiary/aromatic N) is 3. The second-order valence-corrected chi connectivity index (χ2v) is 10.5.